The molecule has 0 spiro atoms. The van der Waals surface area contributed by atoms with Gasteiger partial charge in [-0.25, -0.2) is 0 Å². The number of nitrogens with one attached hydrogen (secondary N) is 1. The van der Waals surface area contributed by atoms with Crippen molar-refractivity contribution in [3.63, 3.8) is 0 Å². The van der Waals surface area contributed by atoms with Gasteiger partial charge < -0.3 is 5.32 Å². The SMILES string of the molecule is CC(=O)CCNc1cccc(C(C)=O)c1. The first-order valence-corrected chi connectivity index (χ1v) is 4.94. The predicted octanol–water partition coefficient (Wildman–Crippen LogP) is 2.28. The smallest absolute Gasteiger partial charge is 0.159 e. The molecule has 0 heterocycles. The van der Waals surface area contributed by atoms with Gasteiger partial charge in [-0.3, -0.25) is 9.59 Å². The van der Waals surface area contributed by atoms with Crippen LogP contribution >= 0.6 is 0 Å². The van der Waals surface area contributed by atoms with Gasteiger partial charge in [0.15, 0.2) is 5.78 Å². The molecule has 0 bridgehead atoms. The van der Waals surface area contributed by atoms with Gasteiger partial charge in [0.2, 0.25) is 0 Å². The van der Waals surface area contributed by atoms with Gasteiger partial charge in [-0.1, -0.05) is 12.1 Å². The molecule has 1 aromatic rings. The number of carbonyl (C=O) groups is 2. The molecule has 3 nitrogen and oxygen atoms in total. The van der Waals surface area contributed by atoms with Crippen LogP contribution in [0.5, 0.6) is 0 Å². The Morgan fingerprint density at radius 1 is 1.27 bits per heavy atom. The molecule has 3 heteroatoms. The maximum absolute atomic E-state index is 11.1. The Balaban J connectivity index is 2.58. The molecule has 1 N–H and O–H groups in total. The minimum atomic E-state index is 0.0465. The second-order valence-corrected chi connectivity index (χ2v) is 3.52. The third-order valence-corrected chi connectivity index (χ3v) is 2.08. The zero-order chi connectivity index (χ0) is 11.3. The average molecular weight is 205 g/mol. The van der Waals surface area contributed by atoms with E-state index >= 15 is 0 Å². The molecule has 1 rings (SSSR count). The van der Waals surface area contributed by atoms with E-state index in [0.29, 0.717) is 18.5 Å². The van der Waals surface area contributed by atoms with E-state index in [2.05, 4.69) is 5.32 Å². The van der Waals surface area contributed by atoms with E-state index in [1.807, 2.05) is 12.1 Å². The van der Waals surface area contributed by atoms with Gasteiger partial charge in [0.25, 0.3) is 0 Å². The number of Topliss-reactive ketones (excluding diaryl/α,β-unsaturated/α-hetero) is 2. The van der Waals surface area contributed by atoms with Crippen LogP contribution in [0.1, 0.15) is 30.6 Å². The summed E-state index contributed by atoms with van der Waals surface area (Å²) in [7, 11) is 0. The minimum Gasteiger partial charge on any atom is -0.385 e. The fraction of sp³-hybridized carbons (Fsp3) is 0.333. The van der Waals surface area contributed by atoms with E-state index in [1.165, 1.54) is 6.92 Å². The Labute approximate surface area is 89.5 Å². The fourth-order valence-corrected chi connectivity index (χ4v) is 1.23. The van der Waals surface area contributed by atoms with Crippen LogP contribution < -0.4 is 5.32 Å². The number of carbonyl (C=O) groups excluding carboxylic acids is 2. The van der Waals surface area contributed by atoms with E-state index in [1.54, 1.807) is 19.1 Å². The lowest BCUT2D eigenvalue weighted by molar-refractivity contribution is -0.116. The van der Waals surface area contributed by atoms with Crippen LogP contribution in [-0.4, -0.2) is 18.1 Å². The first kappa shape index (κ1) is 11.4. The van der Waals surface area contributed by atoms with Crippen LogP contribution in [0, 0.1) is 0 Å². The molecule has 0 amide bonds. The first-order valence-electron chi connectivity index (χ1n) is 4.94. The van der Waals surface area contributed by atoms with Crippen molar-refractivity contribution in [3.8, 4) is 0 Å². The lowest BCUT2D eigenvalue weighted by atomic mass is 10.1. The van der Waals surface area contributed by atoms with Crippen molar-refractivity contribution >= 4 is 17.3 Å². The number of ketones is 2. The van der Waals surface area contributed by atoms with Crippen molar-refractivity contribution < 1.29 is 9.59 Å². The van der Waals surface area contributed by atoms with Gasteiger partial charge in [-0.15, -0.1) is 0 Å². The van der Waals surface area contributed by atoms with E-state index in [9.17, 15) is 9.59 Å². The van der Waals surface area contributed by atoms with E-state index < -0.39 is 0 Å². The molecule has 0 saturated carbocycles. The molecule has 0 fully saturated rings. The maximum Gasteiger partial charge on any atom is 0.159 e. The topological polar surface area (TPSA) is 46.2 Å². The molecule has 1 aromatic carbocycles. The molecule has 0 unspecified atom stereocenters. The van der Waals surface area contributed by atoms with Gasteiger partial charge in [-0.05, 0) is 26.0 Å². The zero-order valence-electron chi connectivity index (χ0n) is 9.04. The normalized spacial score (nSPS) is 9.73. The molecule has 0 aliphatic heterocycles. The third kappa shape index (κ3) is 3.94. The lowest BCUT2D eigenvalue weighted by Gasteiger charge is -2.05. The maximum atomic E-state index is 11.1. The van der Waals surface area contributed by atoms with Crippen LogP contribution in [-0.2, 0) is 4.79 Å². The summed E-state index contributed by atoms with van der Waals surface area (Å²) in [5.41, 5.74) is 1.56. The fourth-order valence-electron chi connectivity index (χ4n) is 1.23. The third-order valence-electron chi connectivity index (χ3n) is 2.08. The predicted molar refractivity (Wildman–Crippen MR) is 60.2 cm³/mol. The molecule has 0 aliphatic rings. The molecular weight excluding hydrogens is 190 g/mol. The monoisotopic (exact) mass is 205 g/mol. The highest BCUT2D eigenvalue weighted by Gasteiger charge is 2.00. The summed E-state index contributed by atoms with van der Waals surface area (Å²) in [5.74, 6) is 0.204. The second kappa shape index (κ2) is 5.29. The van der Waals surface area contributed by atoms with Crippen molar-refractivity contribution in [2.45, 2.75) is 20.3 Å². The van der Waals surface area contributed by atoms with Crippen molar-refractivity contribution in [1.82, 2.24) is 0 Å². The Hall–Kier alpha value is -1.64. The summed E-state index contributed by atoms with van der Waals surface area (Å²) >= 11 is 0. The van der Waals surface area contributed by atoms with Gasteiger partial charge in [0.1, 0.15) is 5.78 Å². The van der Waals surface area contributed by atoms with Crippen LogP contribution in [0.25, 0.3) is 0 Å². The van der Waals surface area contributed by atoms with E-state index in [0.717, 1.165) is 5.69 Å². The average Bonchev–Trinajstić information content (AvgIpc) is 2.17. The summed E-state index contributed by atoms with van der Waals surface area (Å²) in [4.78, 5) is 21.8. The number of rotatable bonds is 5. The highest BCUT2D eigenvalue weighted by Crippen LogP contribution is 2.10. The molecule has 0 aromatic heterocycles. The van der Waals surface area contributed by atoms with Gasteiger partial charge in [0.05, 0.1) is 0 Å². The highest BCUT2D eigenvalue weighted by atomic mass is 16.1. The molecule has 0 aliphatic carbocycles. The quantitative estimate of drug-likeness (QED) is 0.750. The van der Waals surface area contributed by atoms with Gasteiger partial charge in [0, 0.05) is 24.2 Å². The minimum absolute atomic E-state index is 0.0465. The van der Waals surface area contributed by atoms with Crippen molar-refractivity contribution in [1.29, 1.82) is 0 Å². The summed E-state index contributed by atoms with van der Waals surface area (Å²) in [5, 5.41) is 3.10. The van der Waals surface area contributed by atoms with Crippen LogP contribution in [0.3, 0.4) is 0 Å². The van der Waals surface area contributed by atoms with E-state index in [-0.39, 0.29) is 11.6 Å². The van der Waals surface area contributed by atoms with Gasteiger partial charge >= 0.3 is 0 Å². The first-order chi connectivity index (χ1) is 7.09. The number of hydrogen-bond donors (Lipinski definition) is 1. The van der Waals surface area contributed by atoms with Crippen LogP contribution in [0.4, 0.5) is 5.69 Å². The Bertz CT molecular complexity index is 372. The Morgan fingerprint density at radius 2 is 2.00 bits per heavy atom. The molecule has 0 saturated heterocycles. The molecule has 80 valence electrons. The number of anilines is 1. The number of benzene rings is 1. The molecule has 0 atom stereocenters. The number of hydrogen-bond acceptors (Lipinski definition) is 3. The summed E-state index contributed by atoms with van der Waals surface area (Å²) < 4.78 is 0. The zero-order valence-corrected chi connectivity index (χ0v) is 9.04. The van der Waals surface area contributed by atoms with Gasteiger partial charge in [-0.2, -0.15) is 0 Å². The Morgan fingerprint density at radius 3 is 2.60 bits per heavy atom. The van der Waals surface area contributed by atoms with E-state index in [4.69, 9.17) is 0 Å². The summed E-state index contributed by atoms with van der Waals surface area (Å²) in [6.07, 6.45) is 0.504. The van der Waals surface area contributed by atoms with Crippen molar-refractivity contribution in [2.75, 3.05) is 11.9 Å². The van der Waals surface area contributed by atoms with Crippen molar-refractivity contribution in [3.05, 3.63) is 29.8 Å². The molecular formula is C12H15NO2. The van der Waals surface area contributed by atoms with Crippen molar-refractivity contribution in [2.24, 2.45) is 0 Å². The van der Waals surface area contributed by atoms with Crippen LogP contribution in [0.2, 0.25) is 0 Å². The Kier molecular flexibility index (Phi) is 4.03. The van der Waals surface area contributed by atoms with Crippen LogP contribution in [0.15, 0.2) is 24.3 Å². The summed E-state index contributed by atoms with van der Waals surface area (Å²) in [6.45, 7) is 3.71. The summed E-state index contributed by atoms with van der Waals surface area (Å²) in [6, 6.07) is 7.28. The highest BCUT2D eigenvalue weighted by molar-refractivity contribution is 5.94. The molecule has 15 heavy (non-hydrogen) atoms. The molecule has 0 radical (unpaired) electrons. The standard InChI is InChI=1S/C12H15NO2/c1-9(14)6-7-13-12-5-3-4-11(8-12)10(2)15/h3-5,8,13H,6-7H2,1-2H3. The lowest BCUT2D eigenvalue weighted by Crippen LogP contribution is -2.06. The largest absolute Gasteiger partial charge is 0.385 e. The second-order valence-electron chi connectivity index (χ2n) is 3.52.